The second-order valence-electron chi connectivity index (χ2n) is 7.09. The van der Waals surface area contributed by atoms with Crippen molar-refractivity contribution in [1.82, 2.24) is 4.98 Å². The summed E-state index contributed by atoms with van der Waals surface area (Å²) in [5, 5.41) is 8.75. The van der Waals surface area contributed by atoms with Crippen LogP contribution in [0.4, 0.5) is 10.8 Å². The number of halogens is 1. The molecule has 166 valence electrons. The molecule has 0 fully saturated rings. The van der Waals surface area contributed by atoms with E-state index in [2.05, 4.69) is 15.6 Å². The van der Waals surface area contributed by atoms with E-state index in [1.54, 1.807) is 0 Å². The van der Waals surface area contributed by atoms with Crippen LogP contribution in [0.3, 0.4) is 0 Å². The standard InChI is InChI=1S/C25H20ClN3O2S2/c26-21-9-5-4-8-20(21)22-15-33-25(28-22)29-24(31)16-32-19-12-10-18(11-13-19)27-23(30)14-17-6-2-1-3-7-17/h1-13,15H,14,16H2,(H,27,30)(H,28,29,31). The second kappa shape index (κ2) is 11.1. The van der Waals surface area contributed by atoms with Crippen molar-refractivity contribution in [2.45, 2.75) is 11.3 Å². The molecule has 1 aromatic heterocycles. The topological polar surface area (TPSA) is 71.1 Å². The molecule has 0 aliphatic carbocycles. The monoisotopic (exact) mass is 493 g/mol. The van der Waals surface area contributed by atoms with Crippen LogP contribution in [0.1, 0.15) is 5.56 Å². The highest BCUT2D eigenvalue weighted by Gasteiger charge is 2.11. The zero-order valence-corrected chi connectivity index (χ0v) is 19.8. The number of nitrogens with zero attached hydrogens (tertiary/aromatic N) is 1. The maximum absolute atomic E-state index is 12.3. The van der Waals surface area contributed by atoms with Crippen molar-refractivity contribution in [3.05, 3.63) is 94.8 Å². The molecule has 0 radical (unpaired) electrons. The minimum Gasteiger partial charge on any atom is -0.326 e. The van der Waals surface area contributed by atoms with E-state index in [1.165, 1.54) is 23.1 Å². The quantitative estimate of drug-likeness (QED) is 0.279. The lowest BCUT2D eigenvalue weighted by atomic mass is 10.1. The fraction of sp³-hybridized carbons (Fsp3) is 0.0800. The first-order chi connectivity index (χ1) is 16.1. The lowest BCUT2D eigenvalue weighted by molar-refractivity contribution is -0.115. The number of anilines is 2. The van der Waals surface area contributed by atoms with E-state index < -0.39 is 0 Å². The third-order valence-corrected chi connectivity index (χ3v) is 6.72. The fourth-order valence-corrected chi connectivity index (χ4v) is 4.71. The molecule has 2 N–H and O–H groups in total. The van der Waals surface area contributed by atoms with Gasteiger partial charge in [0.05, 0.1) is 17.9 Å². The van der Waals surface area contributed by atoms with Crippen LogP contribution in [0.15, 0.2) is 89.1 Å². The Hall–Kier alpha value is -3.13. The number of nitrogens with one attached hydrogen (secondary N) is 2. The Morgan fingerprint density at radius 2 is 1.61 bits per heavy atom. The molecule has 0 unspecified atom stereocenters. The highest BCUT2D eigenvalue weighted by Crippen LogP contribution is 2.30. The number of carbonyl (C=O) groups excluding carboxylic acids is 2. The zero-order chi connectivity index (χ0) is 23.0. The summed E-state index contributed by atoms with van der Waals surface area (Å²) in [7, 11) is 0. The minimum atomic E-state index is -0.139. The molecule has 0 bridgehead atoms. The van der Waals surface area contributed by atoms with Crippen LogP contribution >= 0.6 is 34.7 Å². The van der Waals surface area contributed by atoms with Gasteiger partial charge in [0, 0.05) is 26.5 Å². The Kier molecular flexibility index (Phi) is 7.78. The predicted molar refractivity (Wildman–Crippen MR) is 137 cm³/mol. The molecule has 4 rings (SSSR count). The maximum atomic E-state index is 12.3. The Morgan fingerprint density at radius 1 is 0.879 bits per heavy atom. The first-order valence-electron chi connectivity index (χ1n) is 10.1. The number of carbonyl (C=O) groups is 2. The van der Waals surface area contributed by atoms with Crippen molar-refractivity contribution in [1.29, 1.82) is 0 Å². The van der Waals surface area contributed by atoms with Crippen molar-refractivity contribution in [3.8, 4) is 11.3 Å². The summed E-state index contributed by atoms with van der Waals surface area (Å²) in [5.41, 5.74) is 3.26. The number of thioether (sulfide) groups is 1. The molecule has 0 atom stereocenters. The second-order valence-corrected chi connectivity index (χ2v) is 9.40. The van der Waals surface area contributed by atoms with Crippen LogP contribution in [-0.4, -0.2) is 22.6 Å². The summed E-state index contributed by atoms with van der Waals surface area (Å²) in [6, 6.07) is 24.5. The normalized spacial score (nSPS) is 10.6. The number of thiazole rings is 1. The van der Waals surface area contributed by atoms with Gasteiger partial charge >= 0.3 is 0 Å². The third-order valence-electron chi connectivity index (χ3n) is 4.62. The first-order valence-corrected chi connectivity index (χ1v) is 12.4. The summed E-state index contributed by atoms with van der Waals surface area (Å²) in [5.74, 6) is 0.0432. The molecule has 0 aliphatic heterocycles. The number of rotatable bonds is 8. The zero-order valence-electron chi connectivity index (χ0n) is 17.5. The summed E-state index contributed by atoms with van der Waals surface area (Å²) < 4.78 is 0. The van der Waals surface area contributed by atoms with Crippen LogP contribution in [0.5, 0.6) is 0 Å². The van der Waals surface area contributed by atoms with Crippen LogP contribution < -0.4 is 10.6 Å². The lowest BCUT2D eigenvalue weighted by Gasteiger charge is -2.07. The van der Waals surface area contributed by atoms with Gasteiger partial charge in [-0.05, 0) is 35.9 Å². The molecule has 5 nitrogen and oxygen atoms in total. The number of amides is 2. The lowest BCUT2D eigenvalue weighted by Crippen LogP contribution is -2.14. The first kappa shape index (κ1) is 23.0. The molecular formula is C25H20ClN3O2S2. The summed E-state index contributed by atoms with van der Waals surface area (Å²) in [6.07, 6.45) is 0.326. The molecule has 0 aliphatic rings. The molecule has 33 heavy (non-hydrogen) atoms. The van der Waals surface area contributed by atoms with Crippen molar-refractivity contribution < 1.29 is 9.59 Å². The number of aromatic nitrogens is 1. The number of hydrogen-bond donors (Lipinski definition) is 2. The Morgan fingerprint density at radius 3 is 2.36 bits per heavy atom. The Balaban J connectivity index is 1.25. The average Bonchev–Trinajstić information content (AvgIpc) is 3.27. The highest BCUT2D eigenvalue weighted by molar-refractivity contribution is 8.00. The molecule has 0 saturated heterocycles. The summed E-state index contributed by atoms with van der Waals surface area (Å²) in [4.78, 5) is 29.9. The smallest absolute Gasteiger partial charge is 0.236 e. The largest absolute Gasteiger partial charge is 0.326 e. The molecule has 8 heteroatoms. The van der Waals surface area contributed by atoms with Gasteiger partial charge in [-0.1, -0.05) is 60.1 Å². The number of hydrogen-bond acceptors (Lipinski definition) is 5. The molecule has 0 saturated carbocycles. The molecule has 3 aromatic carbocycles. The van der Waals surface area contributed by atoms with Crippen LogP contribution in [0.2, 0.25) is 5.02 Å². The van der Waals surface area contributed by atoms with E-state index in [0.29, 0.717) is 16.6 Å². The van der Waals surface area contributed by atoms with Gasteiger partial charge in [-0.2, -0.15) is 0 Å². The van der Waals surface area contributed by atoms with Crippen LogP contribution in [0.25, 0.3) is 11.3 Å². The van der Waals surface area contributed by atoms with Gasteiger partial charge in [-0.15, -0.1) is 23.1 Å². The highest BCUT2D eigenvalue weighted by atomic mass is 35.5. The van der Waals surface area contributed by atoms with Gasteiger partial charge in [0.1, 0.15) is 0 Å². The maximum Gasteiger partial charge on any atom is 0.236 e. The van der Waals surface area contributed by atoms with Crippen molar-refractivity contribution in [3.63, 3.8) is 0 Å². The molecule has 0 spiro atoms. The van der Waals surface area contributed by atoms with E-state index in [4.69, 9.17) is 11.6 Å². The summed E-state index contributed by atoms with van der Waals surface area (Å²) in [6.45, 7) is 0. The molecule has 2 amide bonds. The molecular weight excluding hydrogens is 474 g/mol. The Bertz CT molecular complexity index is 1240. The fourth-order valence-electron chi connectivity index (χ4n) is 3.05. The average molecular weight is 494 g/mol. The Labute approximate surface area is 205 Å². The van der Waals surface area contributed by atoms with E-state index in [9.17, 15) is 9.59 Å². The van der Waals surface area contributed by atoms with Crippen LogP contribution in [-0.2, 0) is 16.0 Å². The van der Waals surface area contributed by atoms with Gasteiger partial charge in [-0.25, -0.2) is 4.98 Å². The predicted octanol–water partition coefficient (Wildman–Crippen LogP) is 6.38. The van der Waals surface area contributed by atoms with E-state index >= 15 is 0 Å². The molecule has 1 heterocycles. The van der Waals surface area contributed by atoms with Gasteiger partial charge < -0.3 is 10.6 Å². The van der Waals surface area contributed by atoms with E-state index in [0.717, 1.165) is 27.4 Å². The van der Waals surface area contributed by atoms with Gasteiger partial charge in [0.25, 0.3) is 0 Å². The van der Waals surface area contributed by atoms with Crippen LogP contribution in [0, 0.1) is 0 Å². The van der Waals surface area contributed by atoms with Gasteiger partial charge in [-0.3, -0.25) is 9.59 Å². The van der Waals surface area contributed by atoms with Crippen molar-refractivity contribution in [2.24, 2.45) is 0 Å². The van der Waals surface area contributed by atoms with E-state index in [1.807, 2.05) is 84.2 Å². The van der Waals surface area contributed by atoms with E-state index in [-0.39, 0.29) is 17.6 Å². The number of benzene rings is 3. The van der Waals surface area contributed by atoms with Crippen molar-refractivity contribution in [2.75, 3.05) is 16.4 Å². The third kappa shape index (κ3) is 6.68. The summed E-state index contributed by atoms with van der Waals surface area (Å²) >= 11 is 8.99. The minimum absolute atomic E-state index is 0.0689. The van der Waals surface area contributed by atoms with Gasteiger partial charge in [0.2, 0.25) is 11.8 Å². The molecule has 4 aromatic rings. The van der Waals surface area contributed by atoms with Gasteiger partial charge in [0.15, 0.2) is 5.13 Å². The van der Waals surface area contributed by atoms with Crippen molar-refractivity contribution >= 4 is 57.3 Å². The SMILES string of the molecule is O=C(Cc1ccccc1)Nc1ccc(SCC(=O)Nc2nc(-c3ccccc3Cl)cs2)cc1.